The fraction of sp³-hybridized carbons (Fsp3) is 0.286. The number of aromatic nitrogens is 1. The maximum absolute atomic E-state index is 12.6. The van der Waals surface area contributed by atoms with Crippen molar-refractivity contribution in [2.24, 2.45) is 0 Å². The van der Waals surface area contributed by atoms with E-state index in [9.17, 15) is 13.5 Å². The van der Waals surface area contributed by atoms with E-state index in [1.54, 1.807) is 66.4 Å². The Bertz CT molecular complexity index is 1420. The van der Waals surface area contributed by atoms with E-state index >= 15 is 0 Å². The van der Waals surface area contributed by atoms with Gasteiger partial charge in [0.05, 0.1) is 11.0 Å². The predicted octanol–water partition coefficient (Wildman–Crippen LogP) is 5.66. The van der Waals surface area contributed by atoms with Crippen molar-refractivity contribution in [1.82, 2.24) is 9.88 Å². The van der Waals surface area contributed by atoms with E-state index in [0.29, 0.717) is 17.8 Å². The summed E-state index contributed by atoms with van der Waals surface area (Å²) in [4.78, 5) is 1.45. The molecule has 0 unspecified atom stereocenters. The summed E-state index contributed by atoms with van der Waals surface area (Å²) in [6.07, 6.45) is 4.31. The number of aliphatic hydroxyl groups excluding tert-OH is 1. The maximum Gasteiger partial charge on any atom is 0.261 e. The van der Waals surface area contributed by atoms with Gasteiger partial charge in [-0.05, 0) is 80.6 Å². The standard InChI is InChI=1S/C28H33N3O3S2/c1-28(2,15-17-31-16-14-21-19-24(35-3)12-13-26(21)31)29-20-27(32)22-8-7-9-23(18-22)30-36(33,34)25-10-5-4-6-11-25/h4-14,16,18-19,27,29-30,32H,15,17,20H2,1-3H3/t27-/m0/s1. The third kappa shape index (κ3) is 6.50. The molecule has 0 spiro atoms. The highest BCUT2D eigenvalue weighted by atomic mass is 32.2. The molecule has 6 nitrogen and oxygen atoms in total. The van der Waals surface area contributed by atoms with Crippen LogP contribution >= 0.6 is 11.8 Å². The number of aryl methyl sites for hydroxylation is 1. The Labute approximate surface area is 217 Å². The normalized spacial score (nSPS) is 13.1. The van der Waals surface area contributed by atoms with Crippen LogP contribution in [-0.2, 0) is 16.6 Å². The topological polar surface area (TPSA) is 83.4 Å². The number of sulfonamides is 1. The van der Waals surface area contributed by atoms with E-state index < -0.39 is 16.1 Å². The highest BCUT2D eigenvalue weighted by molar-refractivity contribution is 7.98. The summed E-state index contributed by atoms with van der Waals surface area (Å²) in [5.74, 6) is 0. The second-order valence-electron chi connectivity index (χ2n) is 9.51. The molecule has 0 bridgehead atoms. The number of β-amino-alcohol motifs (C(OH)–C–C–N with tert-alkyl or cyclic N) is 1. The first-order chi connectivity index (χ1) is 17.2. The molecule has 1 aromatic heterocycles. The van der Waals surface area contributed by atoms with E-state index in [4.69, 9.17) is 0 Å². The van der Waals surface area contributed by atoms with E-state index in [2.05, 4.69) is 65.2 Å². The number of nitrogens with one attached hydrogen (secondary N) is 2. The first-order valence-electron chi connectivity index (χ1n) is 11.9. The summed E-state index contributed by atoms with van der Waals surface area (Å²) in [6.45, 7) is 5.46. The molecule has 36 heavy (non-hydrogen) atoms. The van der Waals surface area contributed by atoms with Gasteiger partial charge in [-0.15, -0.1) is 11.8 Å². The Morgan fingerprint density at radius 3 is 2.53 bits per heavy atom. The lowest BCUT2D eigenvalue weighted by molar-refractivity contribution is 0.158. The fourth-order valence-electron chi connectivity index (χ4n) is 4.10. The van der Waals surface area contributed by atoms with Gasteiger partial charge in [-0.3, -0.25) is 4.72 Å². The van der Waals surface area contributed by atoms with Crippen molar-refractivity contribution in [2.45, 2.75) is 48.2 Å². The van der Waals surface area contributed by atoms with Crippen LogP contribution in [0.5, 0.6) is 0 Å². The zero-order valence-corrected chi connectivity index (χ0v) is 22.4. The molecule has 0 amide bonds. The first kappa shape index (κ1) is 26.3. The number of benzene rings is 3. The van der Waals surface area contributed by atoms with Gasteiger partial charge in [0.25, 0.3) is 10.0 Å². The lowest BCUT2D eigenvalue weighted by Gasteiger charge is -2.28. The number of hydrogen-bond acceptors (Lipinski definition) is 5. The minimum Gasteiger partial charge on any atom is -0.387 e. The van der Waals surface area contributed by atoms with E-state index in [0.717, 1.165) is 13.0 Å². The number of anilines is 1. The van der Waals surface area contributed by atoms with Gasteiger partial charge in [0, 0.05) is 46.3 Å². The summed E-state index contributed by atoms with van der Waals surface area (Å²) in [5.41, 5.74) is 2.08. The van der Waals surface area contributed by atoms with Gasteiger partial charge in [-0.2, -0.15) is 0 Å². The number of aliphatic hydroxyl groups is 1. The molecular weight excluding hydrogens is 490 g/mol. The van der Waals surface area contributed by atoms with Crippen LogP contribution < -0.4 is 10.0 Å². The van der Waals surface area contributed by atoms with Crippen molar-refractivity contribution in [1.29, 1.82) is 0 Å². The van der Waals surface area contributed by atoms with Gasteiger partial charge in [0.15, 0.2) is 0 Å². The Kier molecular flexibility index (Phi) is 8.10. The van der Waals surface area contributed by atoms with Gasteiger partial charge in [-0.25, -0.2) is 8.42 Å². The lowest BCUT2D eigenvalue weighted by atomic mass is 9.99. The van der Waals surface area contributed by atoms with Crippen molar-refractivity contribution >= 4 is 38.4 Å². The second kappa shape index (κ2) is 11.1. The number of fused-ring (bicyclic) bond motifs is 1. The molecule has 8 heteroatoms. The largest absolute Gasteiger partial charge is 0.387 e. The summed E-state index contributed by atoms with van der Waals surface area (Å²) in [6, 6.07) is 23.8. The molecule has 190 valence electrons. The van der Waals surface area contributed by atoms with Gasteiger partial charge in [-0.1, -0.05) is 30.3 Å². The van der Waals surface area contributed by atoms with Crippen molar-refractivity contribution in [3.63, 3.8) is 0 Å². The van der Waals surface area contributed by atoms with Crippen LogP contribution in [0.1, 0.15) is 31.9 Å². The van der Waals surface area contributed by atoms with Crippen LogP contribution in [0, 0.1) is 0 Å². The fourth-order valence-corrected chi connectivity index (χ4v) is 5.62. The lowest BCUT2D eigenvalue weighted by Crippen LogP contribution is -2.42. The Hall–Kier alpha value is -2.78. The van der Waals surface area contributed by atoms with Crippen LogP contribution in [0.4, 0.5) is 5.69 Å². The van der Waals surface area contributed by atoms with Gasteiger partial charge in [0.1, 0.15) is 0 Å². The molecular formula is C28H33N3O3S2. The third-order valence-corrected chi connectivity index (χ3v) is 8.43. The number of rotatable bonds is 11. The predicted molar refractivity (Wildman–Crippen MR) is 149 cm³/mol. The Morgan fingerprint density at radius 2 is 1.78 bits per heavy atom. The van der Waals surface area contributed by atoms with Crippen molar-refractivity contribution in [3.05, 3.63) is 90.6 Å². The summed E-state index contributed by atoms with van der Waals surface area (Å²) in [5, 5.41) is 15.5. The van der Waals surface area contributed by atoms with Crippen LogP contribution in [0.15, 0.2) is 94.9 Å². The quantitative estimate of drug-likeness (QED) is 0.221. The molecule has 0 aliphatic carbocycles. The van der Waals surface area contributed by atoms with Gasteiger partial charge >= 0.3 is 0 Å². The molecule has 3 N–H and O–H groups in total. The third-order valence-electron chi connectivity index (χ3n) is 6.31. The van der Waals surface area contributed by atoms with Gasteiger partial charge in [0.2, 0.25) is 0 Å². The van der Waals surface area contributed by atoms with Crippen LogP contribution in [0.2, 0.25) is 0 Å². The Morgan fingerprint density at radius 1 is 1.00 bits per heavy atom. The van der Waals surface area contributed by atoms with Crippen LogP contribution in [-0.4, -0.2) is 36.4 Å². The second-order valence-corrected chi connectivity index (χ2v) is 12.1. The van der Waals surface area contributed by atoms with Crippen molar-refractivity contribution in [2.75, 3.05) is 17.5 Å². The molecule has 4 aromatic rings. The van der Waals surface area contributed by atoms with Gasteiger partial charge < -0.3 is 15.0 Å². The molecule has 4 rings (SSSR count). The number of hydrogen-bond donors (Lipinski definition) is 3. The minimum absolute atomic E-state index is 0.194. The minimum atomic E-state index is -3.69. The summed E-state index contributed by atoms with van der Waals surface area (Å²) >= 11 is 1.74. The smallest absolute Gasteiger partial charge is 0.261 e. The highest BCUT2D eigenvalue weighted by Gasteiger charge is 2.20. The van der Waals surface area contributed by atoms with Crippen molar-refractivity contribution in [3.8, 4) is 0 Å². The monoisotopic (exact) mass is 523 g/mol. The molecule has 0 aliphatic heterocycles. The van der Waals surface area contributed by atoms with Crippen LogP contribution in [0.25, 0.3) is 10.9 Å². The average molecular weight is 524 g/mol. The highest BCUT2D eigenvalue weighted by Crippen LogP contribution is 2.25. The average Bonchev–Trinajstić information content (AvgIpc) is 3.29. The van der Waals surface area contributed by atoms with Crippen molar-refractivity contribution < 1.29 is 13.5 Å². The zero-order valence-electron chi connectivity index (χ0n) is 20.8. The summed E-state index contributed by atoms with van der Waals surface area (Å²) in [7, 11) is -3.69. The molecule has 0 saturated carbocycles. The number of nitrogens with zero attached hydrogens (tertiary/aromatic N) is 1. The molecule has 0 saturated heterocycles. The van der Waals surface area contributed by atoms with E-state index in [-0.39, 0.29) is 10.4 Å². The van der Waals surface area contributed by atoms with Crippen LogP contribution in [0.3, 0.4) is 0 Å². The van der Waals surface area contributed by atoms with E-state index in [1.165, 1.54) is 15.8 Å². The zero-order chi connectivity index (χ0) is 25.8. The first-order valence-corrected chi connectivity index (χ1v) is 14.6. The molecule has 0 aliphatic rings. The SMILES string of the molecule is CSc1ccc2c(ccn2CCC(C)(C)NC[C@H](O)c2cccc(NS(=O)(=O)c3ccccc3)c2)c1. The maximum atomic E-state index is 12.6. The Balaban J connectivity index is 1.35. The number of thioether (sulfide) groups is 1. The molecule has 3 aromatic carbocycles. The molecule has 0 radical (unpaired) electrons. The molecule has 1 heterocycles. The van der Waals surface area contributed by atoms with E-state index in [1.807, 2.05) is 0 Å². The molecule has 1 atom stereocenters. The summed E-state index contributed by atoms with van der Waals surface area (Å²) < 4.78 is 30.1. The molecule has 0 fully saturated rings.